The van der Waals surface area contributed by atoms with Crippen LogP contribution in [0.2, 0.25) is 0 Å². The van der Waals surface area contributed by atoms with Crippen molar-refractivity contribution in [1.82, 2.24) is 10.2 Å². The highest BCUT2D eigenvalue weighted by atomic mass is 16.5. The molecule has 2 aromatic carbocycles. The molecule has 1 amide bonds. The Morgan fingerprint density at radius 3 is 2.67 bits per heavy atom. The number of hydrogen-bond donors (Lipinski definition) is 1. The number of nitrogens with zero attached hydrogens (tertiary/aromatic N) is 1. The van der Waals surface area contributed by atoms with Gasteiger partial charge >= 0.3 is 0 Å². The van der Waals surface area contributed by atoms with Crippen molar-refractivity contribution in [3.8, 4) is 5.75 Å². The number of rotatable bonds is 7. The average Bonchev–Trinajstić information content (AvgIpc) is 2.97. The van der Waals surface area contributed by atoms with Crippen LogP contribution in [0.4, 0.5) is 0 Å². The van der Waals surface area contributed by atoms with Gasteiger partial charge in [0.2, 0.25) is 5.91 Å². The normalized spacial score (nSPS) is 15.1. The molecule has 1 aliphatic heterocycles. The molecule has 0 unspecified atom stereocenters. The minimum atomic E-state index is -0.00793. The molecule has 0 atom stereocenters. The van der Waals surface area contributed by atoms with Crippen LogP contribution in [-0.2, 0) is 24.3 Å². The molecular formula is C25H30N2O3. The van der Waals surface area contributed by atoms with E-state index in [4.69, 9.17) is 9.15 Å². The van der Waals surface area contributed by atoms with E-state index >= 15 is 0 Å². The summed E-state index contributed by atoms with van der Waals surface area (Å²) in [5.74, 6) is 0.736. The molecule has 5 heteroatoms. The summed E-state index contributed by atoms with van der Waals surface area (Å²) in [5.41, 5.74) is 4.08. The van der Waals surface area contributed by atoms with Gasteiger partial charge in [-0.25, -0.2) is 0 Å². The van der Waals surface area contributed by atoms with Crippen LogP contribution in [-0.4, -0.2) is 31.0 Å². The largest absolute Gasteiger partial charge is 0.497 e. The summed E-state index contributed by atoms with van der Waals surface area (Å²) in [5, 5.41) is 4.00. The zero-order valence-corrected chi connectivity index (χ0v) is 17.7. The van der Waals surface area contributed by atoms with E-state index in [1.54, 1.807) is 13.4 Å². The second-order valence-corrected chi connectivity index (χ2v) is 8.09. The third kappa shape index (κ3) is 5.22. The maximum absolute atomic E-state index is 12.5. The van der Waals surface area contributed by atoms with E-state index in [2.05, 4.69) is 34.5 Å². The van der Waals surface area contributed by atoms with Crippen LogP contribution in [0.3, 0.4) is 0 Å². The Morgan fingerprint density at radius 2 is 1.87 bits per heavy atom. The second-order valence-electron chi connectivity index (χ2n) is 8.09. The highest BCUT2D eigenvalue weighted by Crippen LogP contribution is 2.26. The van der Waals surface area contributed by atoms with Gasteiger partial charge in [0, 0.05) is 30.1 Å². The van der Waals surface area contributed by atoms with Crippen molar-refractivity contribution in [2.24, 2.45) is 0 Å². The lowest BCUT2D eigenvalue weighted by molar-refractivity contribution is -0.120. The standard InChI is InChI=1S/C25H30N2O3/c1-29-22-9-10-23-21(18-30-24(23)15-22)14-25(28)26-16-19-7-6-8-20(13-19)17-27-11-4-2-3-5-12-27/h6-10,13,15,18H,2-5,11-12,14,16-17H2,1H3,(H,26,28). The summed E-state index contributed by atoms with van der Waals surface area (Å²) in [4.78, 5) is 15.1. The Morgan fingerprint density at radius 1 is 1.07 bits per heavy atom. The van der Waals surface area contributed by atoms with Gasteiger partial charge in [-0.05, 0) is 49.2 Å². The number of nitrogens with one attached hydrogen (secondary N) is 1. The smallest absolute Gasteiger partial charge is 0.224 e. The van der Waals surface area contributed by atoms with Gasteiger partial charge in [-0.1, -0.05) is 37.1 Å². The second kappa shape index (κ2) is 9.81. The molecule has 0 spiro atoms. The molecule has 0 aliphatic carbocycles. The molecule has 0 saturated carbocycles. The predicted molar refractivity (Wildman–Crippen MR) is 119 cm³/mol. The first kappa shape index (κ1) is 20.5. The zero-order chi connectivity index (χ0) is 20.8. The van der Waals surface area contributed by atoms with Gasteiger partial charge in [0.05, 0.1) is 19.8 Å². The maximum atomic E-state index is 12.5. The maximum Gasteiger partial charge on any atom is 0.224 e. The summed E-state index contributed by atoms with van der Waals surface area (Å²) in [6, 6.07) is 14.2. The quantitative estimate of drug-likeness (QED) is 0.619. The number of fused-ring (bicyclic) bond motifs is 1. The predicted octanol–water partition coefficient (Wildman–Crippen LogP) is 4.68. The van der Waals surface area contributed by atoms with Crippen LogP contribution in [0.1, 0.15) is 42.4 Å². The lowest BCUT2D eigenvalue weighted by atomic mass is 10.1. The van der Waals surface area contributed by atoms with E-state index < -0.39 is 0 Å². The van der Waals surface area contributed by atoms with Crippen molar-refractivity contribution in [1.29, 1.82) is 0 Å². The van der Waals surface area contributed by atoms with Gasteiger partial charge in [-0.3, -0.25) is 9.69 Å². The van der Waals surface area contributed by atoms with E-state index in [-0.39, 0.29) is 5.91 Å². The summed E-state index contributed by atoms with van der Waals surface area (Å²) in [6.45, 7) is 3.90. The molecule has 1 aromatic heterocycles. The van der Waals surface area contributed by atoms with Crippen molar-refractivity contribution in [2.45, 2.75) is 45.2 Å². The van der Waals surface area contributed by atoms with Crippen LogP contribution < -0.4 is 10.1 Å². The summed E-state index contributed by atoms with van der Waals surface area (Å²) in [7, 11) is 1.63. The van der Waals surface area contributed by atoms with Crippen molar-refractivity contribution in [3.63, 3.8) is 0 Å². The third-order valence-electron chi connectivity index (χ3n) is 5.80. The molecule has 1 aliphatic rings. The molecule has 1 saturated heterocycles. The first-order valence-corrected chi connectivity index (χ1v) is 10.8. The van der Waals surface area contributed by atoms with Crippen molar-refractivity contribution < 1.29 is 13.9 Å². The Kier molecular flexibility index (Phi) is 6.70. The molecule has 3 aromatic rings. The van der Waals surface area contributed by atoms with Gasteiger partial charge in [-0.2, -0.15) is 0 Å². The molecule has 1 N–H and O–H groups in total. The summed E-state index contributed by atoms with van der Waals surface area (Å²) >= 11 is 0. The number of amides is 1. The first-order valence-electron chi connectivity index (χ1n) is 10.8. The minimum Gasteiger partial charge on any atom is -0.497 e. The van der Waals surface area contributed by atoms with Gasteiger partial charge < -0.3 is 14.5 Å². The Balaban J connectivity index is 1.32. The molecule has 2 heterocycles. The molecule has 5 nitrogen and oxygen atoms in total. The van der Waals surface area contributed by atoms with E-state index in [0.717, 1.165) is 34.4 Å². The van der Waals surface area contributed by atoms with Crippen molar-refractivity contribution >= 4 is 16.9 Å². The fourth-order valence-corrected chi connectivity index (χ4v) is 4.15. The molecule has 30 heavy (non-hydrogen) atoms. The molecular weight excluding hydrogens is 376 g/mol. The van der Waals surface area contributed by atoms with E-state index in [1.807, 2.05) is 18.2 Å². The fraction of sp³-hybridized carbons (Fsp3) is 0.400. The number of methoxy groups -OCH3 is 1. The topological polar surface area (TPSA) is 54.7 Å². The molecule has 0 bridgehead atoms. The van der Waals surface area contributed by atoms with Crippen LogP contribution in [0.5, 0.6) is 5.75 Å². The van der Waals surface area contributed by atoms with E-state index in [0.29, 0.717) is 13.0 Å². The Hall–Kier alpha value is -2.79. The van der Waals surface area contributed by atoms with Crippen LogP contribution in [0, 0.1) is 0 Å². The first-order chi connectivity index (χ1) is 14.7. The molecule has 158 valence electrons. The highest BCUT2D eigenvalue weighted by Gasteiger charge is 2.12. The molecule has 0 radical (unpaired) electrons. The number of hydrogen-bond acceptors (Lipinski definition) is 4. The Bertz CT molecular complexity index is 987. The van der Waals surface area contributed by atoms with Crippen LogP contribution in [0.25, 0.3) is 11.0 Å². The average molecular weight is 407 g/mol. The SMILES string of the molecule is COc1ccc2c(CC(=O)NCc3cccc(CN4CCCCCC4)c3)coc2c1. The monoisotopic (exact) mass is 406 g/mol. The van der Waals surface area contributed by atoms with E-state index in [1.165, 1.54) is 44.3 Å². The minimum absolute atomic E-state index is 0.00793. The third-order valence-corrected chi connectivity index (χ3v) is 5.80. The van der Waals surface area contributed by atoms with Gasteiger partial charge in [-0.15, -0.1) is 0 Å². The molecule has 4 rings (SSSR count). The number of ether oxygens (including phenoxy) is 1. The fourth-order valence-electron chi connectivity index (χ4n) is 4.15. The Labute approximate surface area is 178 Å². The number of furan rings is 1. The van der Waals surface area contributed by atoms with Crippen molar-refractivity contribution in [3.05, 3.63) is 65.4 Å². The van der Waals surface area contributed by atoms with Gasteiger partial charge in [0.15, 0.2) is 0 Å². The van der Waals surface area contributed by atoms with Crippen molar-refractivity contribution in [2.75, 3.05) is 20.2 Å². The van der Waals surface area contributed by atoms with Gasteiger partial charge in [0.1, 0.15) is 11.3 Å². The van der Waals surface area contributed by atoms with Crippen LogP contribution in [0.15, 0.2) is 53.1 Å². The summed E-state index contributed by atoms with van der Waals surface area (Å²) < 4.78 is 10.8. The van der Waals surface area contributed by atoms with Crippen LogP contribution >= 0.6 is 0 Å². The zero-order valence-electron chi connectivity index (χ0n) is 17.7. The number of carbonyl (C=O) groups is 1. The molecule has 1 fully saturated rings. The number of benzene rings is 2. The highest BCUT2D eigenvalue weighted by molar-refractivity contribution is 5.88. The van der Waals surface area contributed by atoms with Gasteiger partial charge in [0.25, 0.3) is 0 Å². The number of likely N-dealkylation sites (tertiary alicyclic amines) is 1. The summed E-state index contributed by atoms with van der Waals surface area (Å²) in [6.07, 6.45) is 7.25. The lowest BCUT2D eigenvalue weighted by Gasteiger charge is -2.20. The number of carbonyl (C=O) groups excluding carboxylic acids is 1. The lowest BCUT2D eigenvalue weighted by Crippen LogP contribution is -2.25. The van der Waals surface area contributed by atoms with E-state index in [9.17, 15) is 4.79 Å².